The van der Waals surface area contributed by atoms with Gasteiger partial charge in [-0.1, -0.05) is 13.0 Å². The zero-order valence-corrected chi connectivity index (χ0v) is 15.7. The van der Waals surface area contributed by atoms with Gasteiger partial charge in [0.15, 0.2) is 0 Å². The van der Waals surface area contributed by atoms with Gasteiger partial charge in [-0.15, -0.1) is 11.3 Å². The Hall–Kier alpha value is -2.20. The van der Waals surface area contributed by atoms with E-state index < -0.39 is 0 Å². The summed E-state index contributed by atoms with van der Waals surface area (Å²) in [6.45, 7) is 3.99. The molecule has 3 aromatic rings. The third kappa shape index (κ3) is 4.45. The van der Waals surface area contributed by atoms with Crippen molar-refractivity contribution in [2.75, 3.05) is 0 Å². The van der Waals surface area contributed by atoms with Crippen molar-refractivity contribution in [1.29, 1.82) is 0 Å². The number of hydrogen-bond donors (Lipinski definition) is 1. The summed E-state index contributed by atoms with van der Waals surface area (Å²) in [5, 5.41) is 0. The molecule has 3 nitrogen and oxygen atoms in total. The number of aromatic amines is 1. The fraction of sp³-hybridized carbons (Fsp3) is 0.333. The molecule has 0 radical (unpaired) electrons. The molecule has 0 unspecified atom stereocenters. The van der Waals surface area contributed by atoms with E-state index in [1.807, 2.05) is 49.6 Å². The van der Waals surface area contributed by atoms with Crippen LogP contribution in [0.4, 0.5) is 0 Å². The smallest absolute Gasteiger partial charge is 0.251 e. The Kier molecular flexibility index (Phi) is 5.82. The van der Waals surface area contributed by atoms with Gasteiger partial charge in [-0.05, 0) is 69.4 Å². The monoisotopic (exact) mass is 352 g/mol. The molecule has 0 fully saturated rings. The highest BCUT2D eigenvalue weighted by atomic mass is 32.1. The van der Waals surface area contributed by atoms with Crippen LogP contribution in [0.3, 0.4) is 0 Å². The van der Waals surface area contributed by atoms with Gasteiger partial charge in [0.05, 0.1) is 0 Å². The normalized spacial score (nSPS) is 11.0. The maximum absolute atomic E-state index is 11.9. The van der Waals surface area contributed by atoms with Crippen LogP contribution >= 0.6 is 11.3 Å². The van der Waals surface area contributed by atoms with E-state index in [0.29, 0.717) is 0 Å². The van der Waals surface area contributed by atoms with Crippen LogP contribution in [0, 0.1) is 6.92 Å². The molecule has 0 saturated carbocycles. The quantitative estimate of drug-likeness (QED) is 0.613. The summed E-state index contributed by atoms with van der Waals surface area (Å²) in [4.78, 5) is 21.9. The van der Waals surface area contributed by atoms with Crippen molar-refractivity contribution in [2.45, 2.75) is 46.0 Å². The predicted molar refractivity (Wildman–Crippen MR) is 105 cm³/mol. The van der Waals surface area contributed by atoms with Crippen molar-refractivity contribution in [3.05, 3.63) is 74.8 Å². The Balaban J connectivity index is 1.62. The molecule has 0 aliphatic heterocycles. The third-order valence-electron chi connectivity index (χ3n) is 4.46. The lowest BCUT2D eigenvalue weighted by atomic mass is 10.1. The fourth-order valence-electron chi connectivity index (χ4n) is 2.99. The molecule has 0 bridgehead atoms. The lowest BCUT2D eigenvalue weighted by molar-refractivity contribution is 0.728. The highest BCUT2D eigenvalue weighted by Gasteiger charge is 2.09. The minimum atomic E-state index is 0.0371. The van der Waals surface area contributed by atoms with Gasteiger partial charge in [0.25, 0.3) is 5.56 Å². The second kappa shape index (κ2) is 8.26. The van der Waals surface area contributed by atoms with E-state index in [1.165, 1.54) is 21.9 Å². The number of thiophene rings is 1. The van der Waals surface area contributed by atoms with Crippen LogP contribution < -0.4 is 5.56 Å². The number of hydrogen-bond acceptors (Lipinski definition) is 3. The van der Waals surface area contributed by atoms with E-state index in [0.717, 1.165) is 42.5 Å². The number of unbranched alkanes of at least 4 members (excludes halogenated alkanes) is 1. The van der Waals surface area contributed by atoms with E-state index in [2.05, 4.69) is 28.2 Å². The molecule has 0 aliphatic carbocycles. The van der Waals surface area contributed by atoms with Gasteiger partial charge in [0, 0.05) is 38.5 Å². The molecule has 0 atom stereocenters. The van der Waals surface area contributed by atoms with Crippen LogP contribution in [0.25, 0.3) is 10.4 Å². The summed E-state index contributed by atoms with van der Waals surface area (Å²) < 4.78 is 0. The van der Waals surface area contributed by atoms with Crippen LogP contribution in [0.2, 0.25) is 0 Å². The molecule has 130 valence electrons. The zero-order valence-electron chi connectivity index (χ0n) is 14.8. The third-order valence-corrected chi connectivity index (χ3v) is 5.63. The Bertz CT molecular complexity index is 880. The summed E-state index contributed by atoms with van der Waals surface area (Å²) in [5.74, 6) is 0. The van der Waals surface area contributed by atoms with Crippen LogP contribution in [-0.4, -0.2) is 9.97 Å². The van der Waals surface area contributed by atoms with Crippen molar-refractivity contribution >= 4 is 11.3 Å². The molecule has 3 aromatic heterocycles. The van der Waals surface area contributed by atoms with Crippen molar-refractivity contribution < 1.29 is 0 Å². The summed E-state index contributed by atoms with van der Waals surface area (Å²) in [6, 6.07) is 12.5. The minimum Gasteiger partial charge on any atom is -0.326 e. The molecule has 0 aliphatic rings. The summed E-state index contributed by atoms with van der Waals surface area (Å²) in [7, 11) is 0. The fourth-order valence-corrected chi connectivity index (χ4v) is 4.12. The van der Waals surface area contributed by atoms with Gasteiger partial charge >= 0.3 is 0 Å². The first-order valence-corrected chi connectivity index (χ1v) is 9.71. The van der Waals surface area contributed by atoms with E-state index in [1.54, 1.807) is 0 Å². The minimum absolute atomic E-state index is 0.0371. The first kappa shape index (κ1) is 17.6. The van der Waals surface area contributed by atoms with E-state index >= 15 is 0 Å². The standard InChI is InChI=1S/C21H24N2OS/c1-3-16-14-19(15(2)23-21(16)24)20-12-11-18(25-20)10-5-4-8-17-9-6-7-13-22-17/h6-7,9,11-14H,3-5,8,10H2,1-2H3,(H,23,24). The van der Waals surface area contributed by atoms with E-state index in [4.69, 9.17) is 0 Å². The Morgan fingerprint density at radius 1 is 1.12 bits per heavy atom. The van der Waals surface area contributed by atoms with Crippen LogP contribution in [0.15, 0.2) is 47.4 Å². The van der Waals surface area contributed by atoms with Gasteiger partial charge in [-0.2, -0.15) is 0 Å². The van der Waals surface area contributed by atoms with Crippen LogP contribution in [-0.2, 0) is 19.3 Å². The van der Waals surface area contributed by atoms with E-state index in [-0.39, 0.29) is 5.56 Å². The second-order valence-electron chi connectivity index (χ2n) is 6.31. The maximum Gasteiger partial charge on any atom is 0.251 e. The first-order chi connectivity index (χ1) is 12.2. The summed E-state index contributed by atoms with van der Waals surface area (Å²) >= 11 is 1.83. The molecule has 3 heterocycles. The SMILES string of the molecule is CCc1cc(-c2ccc(CCCCc3ccccn3)s2)c(C)[nH]c1=O. The molecule has 0 aromatic carbocycles. The maximum atomic E-state index is 11.9. The molecule has 1 N–H and O–H groups in total. The molecule has 25 heavy (non-hydrogen) atoms. The number of rotatable bonds is 7. The van der Waals surface area contributed by atoms with Gasteiger partial charge in [-0.3, -0.25) is 9.78 Å². The van der Waals surface area contributed by atoms with Crippen LogP contribution in [0.5, 0.6) is 0 Å². The molecule has 0 spiro atoms. The average molecular weight is 353 g/mol. The Morgan fingerprint density at radius 3 is 2.72 bits per heavy atom. The highest BCUT2D eigenvalue weighted by molar-refractivity contribution is 7.15. The lowest BCUT2D eigenvalue weighted by Gasteiger charge is -2.05. The van der Waals surface area contributed by atoms with Crippen molar-refractivity contribution in [3.8, 4) is 10.4 Å². The molecular weight excluding hydrogens is 328 g/mol. The van der Waals surface area contributed by atoms with Crippen molar-refractivity contribution in [2.24, 2.45) is 0 Å². The van der Waals surface area contributed by atoms with Crippen LogP contribution in [0.1, 0.15) is 41.6 Å². The van der Waals surface area contributed by atoms with Gasteiger partial charge in [0.2, 0.25) is 0 Å². The second-order valence-corrected chi connectivity index (χ2v) is 7.48. The first-order valence-electron chi connectivity index (χ1n) is 8.89. The van der Waals surface area contributed by atoms with E-state index in [9.17, 15) is 4.79 Å². The molecule has 4 heteroatoms. The largest absolute Gasteiger partial charge is 0.326 e. The number of aryl methyl sites for hydroxylation is 4. The number of pyridine rings is 2. The highest BCUT2D eigenvalue weighted by Crippen LogP contribution is 2.30. The Labute approximate surface area is 152 Å². The topological polar surface area (TPSA) is 45.8 Å². The van der Waals surface area contributed by atoms with Gasteiger partial charge in [0.1, 0.15) is 0 Å². The Morgan fingerprint density at radius 2 is 1.96 bits per heavy atom. The summed E-state index contributed by atoms with van der Waals surface area (Å²) in [5.41, 5.74) is 4.17. The number of nitrogens with one attached hydrogen (secondary N) is 1. The number of aromatic nitrogens is 2. The predicted octanol–water partition coefficient (Wildman–Crippen LogP) is 4.93. The molecule has 3 rings (SSSR count). The molecule has 0 amide bonds. The van der Waals surface area contributed by atoms with Gasteiger partial charge < -0.3 is 4.98 Å². The van der Waals surface area contributed by atoms with Crippen molar-refractivity contribution in [3.63, 3.8) is 0 Å². The number of H-pyrrole nitrogens is 1. The number of nitrogens with zero attached hydrogens (tertiary/aromatic N) is 1. The molecular formula is C21H24N2OS. The zero-order chi connectivity index (χ0) is 17.6. The molecule has 0 saturated heterocycles. The lowest BCUT2D eigenvalue weighted by Crippen LogP contribution is -2.13. The van der Waals surface area contributed by atoms with Gasteiger partial charge in [-0.25, -0.2) is 0 Å². The average Bonchev–Trinajstić information content (AvgIpc) is 3.08. The summed E-state index contributed by atoms with van der Waals surface area (Å²) in [6.07, 6.45) is 7.08. The van der Waals surface area contributed by atoms with Crippen molar-refractivity contribution in [1.82, 2.24) is 9.97 Å².